The van der Waals surface area contributed by atoms with E-state index in [1.165, 1.54) is 6.07 Å². The van der Waals surface area contributed by atoms with E-state index < -0.39 is 11.9 Å². The summed E-state index contributed by atoms with van der Waals surface area (Å²) in [6.45, 7) is 2.00. The topological polar surface area (TPSA) is 0 Å². The van der Waals surface area contributed by atoms with Gasteiger partial charge in [0.05, 0.1) is 0 Å². The third-order valence-electron chi connectivity index (χ3n) is 2.22. The predicted octanol–water partition coefficient (Wildman–Crippen LogP) is 4.56. The Bertz CT molecular complexity index is 352. The van der Waals surface area contributed by atoms with Crippen molar-refractivity contribution in [1.29, 1.82) is 0 Å². The molecular weight excluding hydrogens is 201 g/mol. The van der Waals surface area contributed by atoms with Gasteiger partial charge in [0.2, 0.25) is 0 Å². The Kier molecular flexibility index (Phi) is 4.40. The summed E-state index contributed by atoms with van der Waals surface area (Å²) in [5, 5.41) is 0. The number of halogens is 3. The van der Waals surface area contributed by atoms with Gasteiger partial charge < -0.3 is 0 Å². The van der Waals surface area contributed by atoms with Crippen molar-refractivity contribution in [3.05, 3.63) is 41.5 Å². The average Bonchev–Trinajstić information content (AvgIpc) is 2.25. The Morgan fingerprint density at radius 1 is 1.13 bits per heavy atom. The van der Waals surface area contributed by atoms with Gasteiger partial charge in [-0.3, -0.25) is 0 Å². The van der Waals surface area contributed by atoms with Crippen molar-refractivity contribution < 1.29 is 13.2 Å². The van der Waals surface area contributed by atoms with Gasteiger partial charge in [-0.05, 0) is 18.4 Å². The third kappa shape index (κ3) is 3.11. The highest BCUT2D eigenvalue weighted by Gasteiger charge is 2.11. The molecule has 0 aromatic heterocycles. The first-order valence-corrected chi connectivity index (χ1v) is 4.95. The van der Waals surface area contributed by atoms with E-state index in [2.05, 4.69) is 0 Å². The van der Waals surface area contributed by atoms with E-state index in [-0.39, 0.29) is 5.56 Å². The zero-order valence-corrected chi connectivity index (χ0v) is 8.56. The number of hydrogen-bond acceptors (Lipinski definition) is 0. The second-order valence-corrected chi connectivity index (χ2v) is 3.34. The van der Waals surface area contributed by atoms with Crippen LogP contribution >= 0.6 is 0 Å². The van der Waals surface area contributed by atoms with E-state index in [9.17, 15) is 13.2 Å². The summed E-state index contributed by atoms with van der Waals surface area (Å²) in [4.78, 5) is 0. The van der Waals surface area contributed by atoms with Crippen molar-refractivity contribution in [2.75, 3.05) is 0 Å². The van der Waals surface area contributed by atoms with E-state index in [0.29, 0.717) is 12.0 Å². The maximum atomic E-state index is 13.1. The molecule has 0 N–H and O–H groups in total. The van der Waals surface area contributed by atoms with Gasteiger partial charge in [0.25, 0.3) is 0 Å². The standard InChI is InChI=1S/C12H13F3/c1-2-3-6-9-7-4-5-8-10(9)11(13)12(14)15/h4-5,7-8H,2-3,6H2,1H3. The van der Waals surface area contributed by atoms with Crippen LogP contribution in [0.3, 0.4) is 0 Å². The van der Waals surface area contributed by atoms with Crippen molar-refractivity contribution in [2.24, 2.45) is 0 Å². The van der Waals surface area contributed by atoms with Crippen LogP contribution in [0.15, 0.2) is 30.3 Å². The van der Waals surface area contributed by atoms with Crippen LogP contribution in [0.1, 0.15) is 30.9 Å². The molecule has 0 nitrogen and oxygen atoms in total. The number of rotatable bonds is 4. The average molecular weight is 214 g/mol. The Hall–Kier alpha value is -1.25. The second kappa shape index (κ2) is 5.59. The van der Waals surface area contributed by atoms with Crippen LogP contribution in [-0.2, 0) is 6.42 Å². The minimum Gasteiger partial charge on any atom is -0.200 e. The molecule has 0 saturated heterocycles. The SMILES string of the molecule is CCCCc1ccccc1C(F)=C(F)F. The van der Waals surface area contributed by atoms with Crippen LogP contribution in [0.2, 0.25) is 0 Å². The molecule has 0 heterocycles. The molecule has 0 saturated carbocycles. The van der Waals surface area contributed by atoms with Crippen molar-refractivity contribution in [3.63, 3.8) is 0 Å². The van der Waals surface area contributed by atoms with E-state index in [0.717, 1.165) is 12.8 Å². The van der Waals surface area contributed by atoms with Gasteiger partial charge in [-0.15, -0.1) is 0 Å². The molecule has 15 heavy (non-hydrogen) atoms. The molecular formula is C12H13F3. The minimum absolute atomic E-state index is 0.0194. The van der Waals surface area contributed by atoms with Crippen LogP contribution < -0.4 is 0 Å². The normalized spacial score (nSPS) is 10.1. The Morgan fingerprint density at radius 3 is 2.40 bits per heavy atom. The molecule has 0 aliphatic rings. The van der Waals surface area contributed by atoms with Crippen LogP contribution in [0.4, 0.5) is 13.2 Å². The van der Waals surface area contributed by atoms with Crippen LogP contribution in [0.5, 0.6) is 0 Å². The van der Waals surface area contributed by atoms with Gasteiger partial charge in [0, 0.05) is 5.56 Å². The summed E-state index contributed by atoms with van der Waals surface area (Å²) in [5.74, 6) is -1.40. The quantitative estimate of drug-likeness (QED) is 0.689. The molecule has 0 unspecified atom stereocenters. The molecule has 1 aromatic rings. The fourth-order valence-corrected chi connectivity index (χ4v) is 1.42. The number of hydrogen-bond donors (Lipinski definition) is 0. The Balaban J connectivity index is 3.01. The highest BCUT2D eigenvalue weighted by molar-refractivity contribution is 5.62. The first kappa shape index (κ1) is 11.8. The molecule has 0 amide bonds. The Labute approximate surface area is 87.4 Å². The Morgan fingerprint density at radius 2 is 1.80 bits per heavy atom. The fraction of sp³-hybridized carbons (Fsp3) is 0.333. The van der Waals surface area contributed by atoms with E-state index in [1.54, 1.807) is 18.2 Å². The summed E-state index contributed by atoms with van der Waals surface area (Å²) < 4.78 is 37.3. The van der Waals surface area contributed by atoms with Gasteiger partial charge >= 0.3 is 6.08 Å². The first-order chi connectivity index (χ1) is 7.16. The van der Waals surface area contributed by atoms with Gasteiger partial charge in [-0.25, -0.2) is 4.39 Å². The smallest absolute Gasteiger partial charge is 0.200 e. The largest absolute Gasteiger partial charge is 0.306 e. The summed E-state index contributed by atoms with van der Waals surface area (Å²) in [7, 11) is 0. The van der Waals surface area contributed by atoms with Crippen LogP contribution in [-0.4, -0.2) is 0 Å². The van der Waals surface area contributed by atoms with Crippen molar-refractivity contribution in [1.82, 2.24) is 0 Å². The summed E-state index contributed by atoms with van der Waals surface area (Å²) in [5.41, 5.74) is 0.663. The molecule has 3 heteroatoms. The predicted molar refractivity (Wildman–Crippen MR) is 55.3 cm³/mol. The molecule has 0 fully saturated rings. The zero-order valence-electron chi connectivity index (χ0n) is 8.56. The monoisotopic (exact) mass is 214 g/mol. The van der Waals surface area contributed by atoms with E-state index in [4.69, 9.17) is 0 Å². The van der Waals surface area contributed by atoms with Gasteiger partial charge in [0.15, 0.2) is 5.83 Å². The first-order valence-electron chi connectivity index (χ1n) is 4.95. The number of aryl methyl sites for hydroxylation is 1. The molecule has 0 radical (unpaired) electrons. The van der Waals surface area contributed by atoms with Crippen molar-refractivity contribution in [2.45, 2.75) is 26.2 Å². The lowest BCUT2D eigenvalue weighted by atomic mass is 10.0. The van der Waals surface area contributed by atoms with Gasteiger partial charge in [-0.2, -0.15) is 8.78 Å². The van der Waals surface area contributed by atoms with Crippen molar-refractivity contribution in [3.8, 4) is 0 Å². The molecule has 0 atom stereocenters. The van der Waals surface area contributed by atoms with Crippen LogP contribution in [0.25, 0.3) is 5.83 Å². The fourth-order valence-electron chi connectivity index (χ4n) is 1.42. The van der Waals surface area contributed by atoms with Crippen molar-refractivity contribution >= 4 is 5.83 Å². The number of unbranched alkanes of at least 4 members (excludes halogenated alkanes) is 1. The second-order valence-electron chi connectivity index (χ2n) is 3.34. The highest BCUT2D eigenvalue weighted by atomic mass is 19.3. The van der Waals surface area contributed by atoms with Crippen LogP contribution in [0, 0.1) is 0 Å². The zero-order chi connectivity index (χ0) is 11.3. The molecule has 0 aliphatic carbocycles. The van der Waals surface area contributed by atoms with E-state index in [1.807, 2.05) is 6.92 Å². The third-order valence-corrected chi connectivity index (χ3v) is 2.22. The molecule has 1 aromatic carbocycles. The molecule has 82 valence electrons. The maximum Gasteiger partial charge on any atom is 0.306 e. The lowest BCUT2D eigenvalue weighted by molar-refractivity contribution is 0.410. The molecule has 1 rings (SSSR count). The molecule has 0 bridgehead atoms. The van der Waals surface area contributed by atoms with E-state index >= 15 is 0 Å². The summed E-state index contributed by atoms with van der Waals surface area (Å²) >= 11 is 0. The molecule has 0 spiro atoms. The summed E-state index contributed by atoms with van der Waals surface area (Å²) in [6.07, 6.45) is 0.211. The highest BCUT2D eigenvalue weighted by Crippen LogP contribution is 2.26. The van der Waals surface area contributed by atoms with Gasteiger partial charge in [-0.1, -0.05) is 37.6 Å². The minimum atomic E-state index is -2.25. The number of benzene rings is 1. The molecule has 0 aliphatic heterocycles. The lowest BCUT2D eigenvalue weighted by Gasteiger charge is -2.06. The van der Waals surface area contributed by atoms with Gasteiger partial charge in [0.1, 0.15) is 0 Å². The maximum absolute atomic E-state index is 13.1. The summed E-state index contributed by atoms with van der Waals surface area (Å²) in [6, 6.07) is 6.37. The lowest BCUT2D eigenvalue weighted by Crippen LogP contribution is -1.92.